The van der Waals surface area contributed by atoms with Gasteiger partial charge in [0.05, 0.1) is 5.57 Å². The van der Waals surface area contributed by atoms with Gasteiger partial charge < -0.3 is 15.0 Å². The van der Waals surface area contributed by atoms with E-state index in [-0.39, 0.29) is 11.7 Å². The van der Waals surface area contributed by atoms with Crippen molar-refractivity contribution in [1.82, 2.24) is 4.98 Å². The molecule has 32 heavy (non-hydrogen) atoms. The van der Waals surface area contributed by atoms with Crippen LogP contribution in [0.4, 0.5) is 10.1 Å². The summed E-state index contributed by atoms with van der Waals surface area (Å²) < 4.78 is 19.4. The van der Waals surface area contributed by atoms with Gasteiger partial charge in [-0.25, -0.2) is 4.39 Å². The number of nitrogens with one attached hydrogen (secondary N) is 2. The number of rotatable bonds is 4. The Kier molecular flexibility index (Phi) is 5.43. The first-order valence-corrected chi connectivity index (χ1v) is 11.2. The first-order valence-electron chi connectivity index (χ1n) is 11.2. The predicted molar refractivity (Wildman–Crippen MR) is 126 cm³/mol. The molecule has 164 valence electrons. The summed E-state index contributed by atoms with van der Waals surface area (Å²) in [5.74, 6) is 0.200. The van der Waals surface area contributed by atoms with Gasteiger partial charge in [-0.1, -0.05) is 24.3 Å². The molecule has 1 fully saturated rings. The summed E-state index contributed by atoms with van der Waals surface area (Å²) in [5, 5.41) is 2.97. The molecule has 0 saturated carbocycles. The van der Waals surface area contributed by atoms with Crippen LogP contribution in [0.3, 0.4) is 0 Å². The number of hydrogen-bond donors (Lipinski definition) is 2. The van der Waals surface area contributed by atoms with E-state index in [2.05, 4.69) is 24.1 Å². The molecular weight excluding hydrogens is 403 g/mol. The standard InChI is InChI=1S/C27H27FN2O2/c1-16-22(13-18-9-11-32-12-10-18)17(2)29-25(16)15-23-26-21(19-5-3-6-20(28)14-19)7-4-8-24(26)30-27(23)31/h3-8,14-15,18,29H,9-13H2,1-2H3,(H,30,31). The zero-order valence-electron chi connectivity index (χ0n) is 18.4. The Morgan fingerprint density at radius 2 is 1.91 bits per heavy atom. The summed E-state index contributed by atoms with van der Waals surface area (Å²) in [7, 11) is 0. The molecule has 0 unspecified atom stereocenters. The number of aryl methyl sites for hydroxylation is 1. The molecule has 1 amide bonds. The van der Waals surface area contributed by atoms with Gasteiger partial charge in [0, 0.05) is 35.9 Å². The number of hydrogen-bond acceptors (Lipinski definition) is 2. The van der Waals surface area contributed by atoms with E-state index in [1.165, 1.54) is 23.3 Å². The Hall–Kier alpha value is -3.18. The van der Waals surface area contributed by atoms with E-state index in [9.17, 15) is 9.18 Å². The summed E-state index contributed by atoms with van der Waals surface area (Å²) in [6.45, 7) is 5.90. The van der Waals surface area contributed by atoms with Crippen LogP contribution in [0.5, 0.6) is 0 Å². The molecule has 2 aromatic carbocycles. The lowest BCUT2D eigenvalue weighted by molar-refractivity contribution is -0.110. The molecule has 4 nitrogen and oxygen atoms in total. The van der Waals surface area contributed by atoms with Crippen molar-refractivity contribution in [3.05, 3.63) is 76.4 Å². The van der Waals surface area contributed by atoms with E-state index < -0.39 is 0 Å². The summed E-state index contributed by atoms with van der Waals surface area (Å²) in [6, 6.07) is 12.2. The molecule has 1 aromatic heterocycles. The van der Waals surface area contributed by atoms with Gasteiger partial charge in [0.2, 0.25) is 0 Å². The minimum absolute atomic E-state index is 0.138. The Bertz CT molecular complexity index is 1220. The van der Waals surface area contributed by atoms with Crippen molar-refractivity contribution in [2.24, 2.45) is 5.92 Å². The number of halogens is 1. The summed E-state index contributed by atoms with van der Waals surface area (Å²) >= 11 is 0. The van der Waals surface area contributed by atoms with Gasteiger partial charge in [-0.2, -0.15) is 0 Å². The largest absolute Gasteiger partial charge is 0.381 e. The van der Waals surface area contributed by atoms with Crippen LogP contribution in [0, 0.1) is 25.6 Å². The molecule has 5 heteroatoms. The van der Waals surface area contributed by atoms with Crippen LogP contribution in [0.25, 0.3) is 22.8 Å². The second-order valence-electron chi connectivity index (χ2n) is 8.78. The van der Waals surface area contributed by atoms with E-state index in [1.54, 1.807) is 6.07 Å². The highest BCUT2D eigenvalue weighted by Gasteiger charge is 2.28. The highest BCUT2D eigenvalue weighted by molar-refractivity contribution is 6.36. The van der Waals surface area contributed by atoms with Crippen molar-refractivity contribution in [2.75, 3.05) is 18.5 Å². The first kappa shape index (κ1) is 20.7. The molecule has 5 rings (SSSR count). The fraction of sp³-hybridized carbons (Fsp3) is 0.296. The average molecular weight is 431 g/mol. The van der Waals surface area contributed by atoms with Gasteiger partial charge in [0.1, 0.15) is 5.82 Å². The minimum atomic E-state index is -0.295. The number of fused-ring (bicyclic) bond motifs is 1. The second kappa shape index (κ2) is 8.40. The normalized spacial score (nSPS) is 17.6. The van der Waals surface area contributed by atoms with E-state index >= 15 is 0 Å². The van der Waals surface area contributed by atoms with Crippen LogP contribution in [-0.4, -0.2) is 24.1 Å². The van der Waals surface area contributed by atoms with Crippen molar-refractivity contribution < 1.29 is 13.9 Å². The molecule has 1 saturated heterocycles. The number of carbonyl (C=O) groups excluding carboxylic acids is 1. The monoisotopic (exact) mass is 430 g/mol. The summed E-state index contributed by atoms with van der Waals surface area (Å²) in [5.41, 5.74) is 8.40. The number of benzene rings is 2. The lowest BCUT2D eigenvalue weighted by atomic mass is 9.90. The highest BCUT2D eigenvalue weighted by Crippen LogP contribution is 2.41. The van der Waals surface area contributed by atoms with Gasteiger partial charge in [-0.05, 0) is 85.6 Å². The third-order valence-electron chi connectivity index (χ3n) is 6.72. The molecule has 2 aliphatic rings. The van der Waals surface area contributed by atoms with Gasteiger partial charge in [-0.15, -0.1) is 0 Å². The quantitative estimate of drug-likeness (QED) is 0.507. The molecule has 0 bridgehead atoms. The zero-order valence-corrected chi connectivity index (χ0v) is 18.4. The smallest absolute Gasteiger partial charge is 0.256 e. The van der Waals surface area contributed by atoms with E-state index in [0.29, 0.717) is 11.5 Å². The number of anilines is 1. The van der Waals surface area contributed by atoms with Crippen LogP contribution in [-0.2, 0) is 16.0 Å². The molecule has 0 aliphatic carbocycles. The summed E-state index contributed by atoms with van der Waals surface area (Å²) in [6.07, 6.45) is 5.15. The molecule has 0 spiro atoms. The van der Waals surface area contributed by atoms with Crippen LogP contribution in [0.15, 0.2) is 42.5 Å². The van der Waals surface area contributed by atoms with Crippen LogP contribution < -0.4 is 5.32 Å². The lowest BCUT2D eigenvalue weighted by Gasteiger charge is -2.22. The van der Waals surface area contributed by atoms with Crippen LogP contribution >= 0.6 is 0 Å². The molecular formula is C27H27FN2O2. The average Bonchev–Trinajstić information content (AvgIpc) is 3.25. The van der Waals surface area contributed by atoms with Crippen LogP contribution in [0.1, 0.15) is 40.9 Å². The Balaban J connectivity index is 1.55. The third kappa shape index (κ3) is 3.78. The Morgan fingerprint density at radius 1 is 1.12 bits per heavy atom. The highest BCUT2D eigenvalue weighted by atomic mass is 19.1. The fourth-order valence-corrected chi connectivity index (χ4v) is 4.93. The molecule has 3 aromatic rings. The molecule has 2 aliphatic heterocycles. The van der Waals surface area contributed by atoms with Gasteiger partial charge in [0.15, 0.2) is 0 Å². The number of aromatic amines is 1. The number of carbonyl (C=O) groups is 1. The molecule has 2 N–H and O–H groups in total. The van der Waals surface area contributed by atoms with Gasteiger partial charge >= 0.3 is 0 Å². The molecule has 0 radical (unpaired) electrons. The van der Waals surface area contributed by atoms with Crippen molar-refractivity contribution in [1.29, 1.82) is 0 Å². The number of H-pyrrole nitrogens is 1. The SMILES string of the molecule is Cc1[nH]c(C=C2C(=O)Nc3cccc(-c4cccc(F)c4)c32)c(C)c1CC1CCOCC1. The Labute approximate surface area is 187 Å². The first-order chi connectivity index (χ1) is 15.5. The Morgan fingerprint density at radius 3 is 2.69 bits per heavy atom. The molecule has 3 heterocycles. The summed E-state index contributed by atoms with van der Waals surface area (Å²) in [4.78, 5) is 16.4. The minimum Gasteiger partial charge on any atom is -0.381 e. The third-order valence-corrected chi connectivity index (χ3v) is 6.72. The number of aromatic nitrogens is 1. The fourth-order valence-electron chi connectivity index (χ4n) is 4.93. The van der Waals surface area contributed by atoms with Gasteiger partial charge in [0.25, 0.3) is 5.91 Å². The topological polar surface area (TPSA) is 54.1 Å². The maximum Gasteiger partial charge on any atom is 0.256 e. The number of ether oxygens (including phenoxy) is 1. The maximum atomic E-state index is 13.9. The van der Waals surface area contributed by atoms with Gasteiger partial charge in [-0.3, -0.25) is 4.79 Å². The van der Waals surface area contributed by atoms with E-state index in [4.69, 9.17) is 4.74 Å². The lowest BCUT2D eigenvalue weighted by Crippen LogP contribution is -2.18. The zero-order chi connectivity index (χ0) is 22.2. The van der Waals surface area contributed by atoms with Crippen LogP contribution in [0.2, 0.25) is 0 Å². The van der Waals surface area contributed by atoms with Crippen molar-refractivity contribution in [3.63, 3.8) is 0 Å². The maximum absolute atomic E-state index is 13.9. The van der Waals surface area contributed by atoms with E-state index in [1.807, 2.05) is 30.3 Å². The second-order valence-corrected chi connectivity index (χ2v) is 8.78. The van der Waals surface area contributed by atoms with Crippen molar-refractivity contribution in [3.8, 4) is 11.1 Å². The van der Waals surface area contributed by atoms with Crippen molar-refractivity contribution in [2.45, 2.75) is 33.1 Å². The molecule has 0 atom stereocenters. The number of amides is 1. The van der Waals surface area contributed by atoms with Crippen molar-refractivity contribution >= 4 is 23.2 Å². The predicted octanol–water partition coefficient (Wildman–Crippen LogP) is 5.90. The van der Waals surface area contributed by atoms with E-state index in [0.717, 1.165) is 66.2 Å².